The van der Waals surface area contributed by atoms with Crippen molar-refractivity contribution in [2.45, 2.75) is 18.7 Å². The van der Waals surface area contributed by atoms with E-state index < -0.39 is 17.7 Å². The van der Waals surface area contributed by atoms with E-state index in [9.17, 15) is 18.0 Å². The summed E-state index contributed by atoms with van der Waals surface area (Å²) in [5.41, 5.74) is -3.41. The molecule has 0 aromatic rings. The molecular weight excluding hydrogens is 165 g/mol. The Balaban J connectivity index is 4.59. The minimum Gasteiger partial charge on any atom is -0.467 e. The van der Waals surface area contributed by atoms with Gasteiger partial charge < -0.3 is 9.84 Å². The van der Waals surface area contributed by atoms with E-state index in [0.29, 0.717) is 6.92 Å². The lowest BCUT2D eigenvalue weighted by Crippen LogP contribution is -2.49. The van der Waals surface area contributed by atoms with Gasteiger partial charge in [0, 0.05) is 0 Å². The van der Waals surface area contributed by atoms with Crippen molar-refractivity contribution in [2.24, 2.45) is 0 Å². The summed E-state index contributed by atoms with van der Waals surface area (Å²) in [4.78, 5) is 10.3. The molecule has 0 aliphatic rings. The first-order valence-corrected chi connectivity index (χ1v) is 2.61. The van der Waals surface area contributed by atoms with Gasteiger partial charge in [-0.1, -0.05) is 0 Å². The molecule has 0 aromatic heterocycles. The van der Waals surface area contributed by atoms with Crippen molar-refractivity contribution in [3.63, 3.8) is 0 Å². The fraction of sp³-hybridized carbons (Fsp3) is 0.800. The minimum absolute atomic E-state index is 0.332. The number of aliphatic hydroxyl groups is 1. The van der Waals surface area contributed by atoms with Gasteiger partial charge in [-0.15, -0.1) is 0 Å². The molecule has 0 unspecified atom stereocenters. The number of rotatable bonds is 1. The second-order valence-electron chi connectivity index (χ2n) is 2.06. The van der Waals surface area contributed by atoms with Crippen LogP contribution in [0.2, 0.25) is 0 Å². The topological polar surface area (TPSA) is 46.5 Å². The van der Waals surface area contributed by atoms with Gasteiger partial charge >= 0.3 is 12.1 Å². The molecule has 3 nitrogen and oxygen atoms in total. The zero-order valence-corrected chi connectivity index (χ0v) is 5.90. The van der Waals surface area contributed by atoms with Crippen LogP contribution in [-0.2, 0) is 9.53 Å². The number of carbonyl (C=O) groups is 1. The summed E-state index contributed by atoms with van der Waals surface area (Å²) in [5.74, 6) is -1.72. The third-order valence-electron chi connectivity index (χ3n) is 1.13. The number of hydrogen-bond donors (Lipinski definition) is 1. The Labute approximate surface area is 60.8 Å². The van der Waals surface area contributed by atoms with Crippen LogP contribution in [0.1, 0.15) is 6.92 Å². The van der Waals surface area contributed by atoms with Gasteiger partial charge in [-0.05, 0) is 6.92 Å². The zero-order chi connectivity index (χ0) is 9.28. The van der Waals surface area contributed by atoms with E-state index in [1.807, 2.05) is 0 Å². The largest absolute Gasteiger partial charge is 0.467 e. The van der Waals surface area contributed by atoms with E-state index in [1.54, 1.807) is 0 Å². The molecule has 0 aliphatic heterocycles. The van der Waals surface area contributed by atoms with E-state index in [2.05, 4.69) is 4.74 Å². The number of methoxy groups -OCH3 is 1. The molecule has 1 N–H and O–H groups in total. The van der Waals surface area contributed by atoms with Crippen molar-refractivity contribution in [1.29, 1.82) is 0 Å². The van der Waals surface area contributed by atoms with Gasteiger partial charge in [0.1, 0.15) is 0 Å². The van der Waals surface area contributed by atoms with Crippen LogP contribution >= 0.6 is 0 Å². The predicted molar refractivity (Wildman–Crippen MR) is 28.7 cm³/mol. The van der Waals surface area contributed by atoms with Gasteiger partial charge in [0.2, 0.25) is 0 Å². The summed E-state index contributed by atoms with van der Waals surface area (Å²) in [7, 11) is 0.766. The molecule has 66 valence electrons. The van der Waals surface area contributed by atoms with Gasteiger partial charge in [-0.3, -0.25) is 0 Å². The average Bonchev–Trinajstić information content (AvgIpc) is 1.83. The van der Waals surface area contributed by atoms with Crippen LogP contribution in [0.4, 0.5) is 13.2 Å². The van der Waals surface area contributed by atoms with Gasteiger partial charge in [-0.2, -0.15) is 13.2 Å². The molecule has 0 fully saturated rings. The zero-order valence-electron chi connectivity index (χ0n) is 5.90. The average molecular weight is 172 g/mol. The number of hydrogen-bond acceptors (Lipinski definition) is 3. The molecule has 6 heteroatoms. The number of carbonyl (C=O) groups excluding carboxylic acids is 1. The molecule has 0 saturated carbocycles. The molecule has 11 heavy (non-hydrogen) atoms. The molecule has 0 rings (SSSR count). The first-order chi connectivity index (χ1) is 4.73. The Hall–Kier alpha value is -0.780. The van der Waals surface area contributed by atoms with Gasteiger partial charge in [0.05, 0.1) is 7.11 Å². The molecule has 0 aromatic carbocycles. The SMILES string of the molecule is COC(=O)[C@](C)(O)C(F)(F)F. The highest BCUT2D eigenvalue weighted by molar-refractivity contribution is 5.79. The van der Waals surface area contributed by atoms with Crippen LogP contribution in [0.15, 0.2) is 0 Å². The lowest BCUT2D eigenvalue weighted by atomic mass is 10.1. The molecule has 0 heterocycles. The van der Waals surface area contributed by atoms with Crippen molar-refractivity contribution in [1.82, 2.24) is 0 Å². The third-order valence-corrected chi connectivity index (χ3v) is 1.13. The monoisotopic (exact) mass is 172 g/mol. The number of alkyl halides is 3. The van der Waals surface area contributed by atoms with E-state index in [4.69, 9.17) is 5.11 Å². The van der Waals surface area contributed by atoms with E-state index in [1.165, 1.54) is 0 Å². The molecule has 0 amide bonds. The van der Waals surface area contributed by atoms with Crippen LogP contribution in [-0.4, -0.2) is 30.0 Å². The summed E-state index contributed by atoms with van der Waals surface area (Å²) >= 11 is 0. The first kappa shape index (κ1) is 10.2. The maximum Gasteiger partial charge on any atom is 0.427 e. The van der Waals surface area contributed by atoms with E-state index >= 15 is 0 Å². The van der Waals surface area contributed by atoms with E-state index in [0.717, 1.165) is 7.11 Å². The third kappa shape index (κ3) is 1.83. The molecule has 1 atom stereocenters. The van der Waals surface area contributed by atoms with Crippen molar-refractivity contribution >= 4 is 5.97 Å². The summed E-state index contributed by atoms with van der Waals surface area (Å²) < 4.78 is 38.9. The maximum atomic E-state index is 11.7. The van der Waals surface area contributed by atoms with Crippen molar-refractivity contribution in [3.8, 4) is 0 Å². The lowest BCUT2D eigenvalue weighted by molar-refractivity contribution is -0.255. The summed E-state index contributed by atoms with van der Waals surface area (Å²) in [6.07, 6.45) is -5.00. The fourth-order valence-electron chi connectivity index (χ4n) is 0.314. The number of ether oxygens (including phenoxy) is 1. The van der Waals surface area contributed by atoms with Crippen molar-refractivity contribution < 1.29 is 27.8 Å². The molecule has 0 aliphatic carbocycles. The lowest BCUT2D eigenvalue weighted by Gasteiger charge is -2.22. The van der Waals surface area contributed by atoms with Crippen LogP contribution in [0.3, 0.4) is 0 Å². The molecular formula is C5H7F3O3. The Morgan fingerprint density at radius 3 is 1.91 bits per heavy atom. The molecule has 0 radical (unpaired) electrons. The molecule has 0 spiro atoms. The number of halogens is 3. The highest BCUT2D eigenvalue weighted by Crippen LogP contribution is 2.30. The summed E-state index contributed by atoms with van der Waals surface area (Å²) in [6.45, 7) is 0.332. The fourth-order valence-corrected chi connectivity index (χ4v) is 0.314. The normalized spacial score (nSPS) is 17.3. The minimum atomic E-state index is -5.00. The van der Waals surface area contributed by atoms with Gasteiger partial charge in [0.25, 0.3) is 5.60 Å². The Morgan fingerprint density at radius 1 is 1.45 bits per heavy atom. The highest BCUT2D eigenvalue weighted by atomic mass is 19.4. The summed E-state index contributed by atoms with van der Waals surface area (Å²) in [6, 6.07) is 0. The van der Waals surface area contributed by atoms with Crippen LogP contribution in [0.5, 0.6) is 0 Å². The molecule has 0 saturated heterocycles. The highest BCUT2D eigenvalue weighted by Gasteiger charge is 2.56. The van der Waals surface area contributed by atoms with Gasteiger partial charge in [0.15, 0.2) is 0 Å². The maximum absolute atomic E-state index is 11.7. The van der Waals surface area contributed by atoms with Crippen LogP contribution < -0.4 is 0 Å². The second-order valence-corrected chi connectivity index (χ2v) is 2.06. The number of esters is 1. The van der Waals surface area contributed by atoms with Crippen molar-refractivity contribution in [2.75, 3.05) is 7.11 Å². The first-order valence-electron chi connectivity index (χ1n) is 2.61. The smallest absolute Gasteiger partial charge is 0.427 e. The second kappa shape index (κ2) is 2.69. The van der Waals surface area contributed by atoms with Crippen molar-refractivity contribution in [3.05, 3.63) is 0 Å². The summed E-state index contributed by atoms with van der Waals surface area (Å²) in [5, 5.41) is 8.52. The quantitative estimate of drug-likeness (QED) is 0.585. The molecule has 0 bridgehead atoms. The standard InChI is InChI=1S/C5H7F3O3/c1-4(10,3(9)11-2)5(6,7)8/h10H,1-2H3/t4-/m0/s1. The van der Waals surface area contributed by atoms with Gasteiger partial charge in [-0.25, -0.2) is 4.79 Å². The van der Waals surface area contributed by atoms with E-state index in [-0.39, 0.29) is 0 Å². The Kier molecular flexibility index (Phi) is 2.50. The van der Waals surface area contributed by atoms with Crippen LogP contribution in [0, 0.1) is 0 Å². The Bertz CT molecular complexity index is 161. The predicted octanol–water partition coefficient (Wildman–Crippen LogP) is 0.473. The van der Waals surface area contributed by atoms with Crippen LogP contribution in [0.25, 0.3) is 0 Å². The Morgan fingerprint density at radius 2 is 1.82 bits per heavy atom.